The summed E-state index contributed by atoms with van der Waals surface area (Å²) in [5.41, 5.74) is 3.44. The number of hydrogen-bond acceptors (Lipinski definition) is 1. The molecule has 0 aliphatic carbocycles. The van der Waals surface area contributed by atoms with E-state index in [4.69, 9.17) is 18.0 Å². The summed E-state index contributed by atoms with van der Waals surface area (Å²) >= 11 is 6.22. The highest BCUT2D eigenvalue weighted by atomic mass is 35.5. The number of rotatable bonds is 1. The fourth-order valence-electron chi connectivity index (χ4n) is 2.78. The zero-order valence-electron chi connectivity index (χ0n) is 11.9. The fourth-order valence-corrected chi connectivity index (χ4v) is 3.01. The van der Waals surface area contributed by atoms with E-state index < -0.39 is 0 Å². The van der Waals surface area contributed by atoms with Crippen molar-refractivity contribution in [2.24, 2.45) is 0 Å². The van der Waals surface area contributed by atoms with Gasteiger partial charge in [-0.15, -0.1) is 6.42 Å². The maximum Gasteiger partial charge on any atom is 0.125 e. The Morgan fingerprint density at radius 3 is 2.87 bits per heavy atom. The van der Waals surface area contributed by atoms with Crippen LogP contribution in [0, 0.1) is 18.2 Å². The third kappa shape index (κ3) is 2.16. The Morgan fingerprint density at radius 1 is 1.17 bits per heavy atom. The third-order valence-electron chi connectivity index (χ3n) is 3.86. The molecule has 23 heavy (non-hydrogen) atoms. The minimum Gasteiger partial charge on any atom is -0.359 e. The van der Waals surface area contributed by atoms with Crippen LogP contribution >= 0.6 is 11.6 Å². The lowest BCUT2D eigenvalue weighted by molar-refractivity contribution is 0.629. The van der Waals surface area contributed by atoms with Gasteiger partial charge < -0.3 is 4.98 Å². The third-order valence-corrected chi connectivity index (χ3v) is 4.16. The van der Waals surface area contributed by atoms with Gasteiger partial charge >= 0.3 is 0 Å². The molecule has 0 atom stereocenters. The molecule has 4 heteroatoms. The van der Waals surface area contributed by atoms with Gasteiger partial charge in [-0.2, -0.15) is 0 Å². The van der Waals surface area contributed by atoms with Gasteiger partial charge in [0.1, 0.15) is 5.82 Å². The van der Waals surface area contributed by atoms with Gasteiger partial charge in [0, 0.05) is 22.5 Å². The monoisotopic (exact) mass is 320 g/mol. The number of fused-ring (bicyclic) bond motifs is 2. The predicted octanol–water partition coefficient (Wildman–Crippen LogP) is 5.16. The Balaban J connectivity index is 2.01. The summed E-state index contributed by atoms with van der Waals surface area (Å²) in [6, 6.07) is 12.3. The van der Waals surface area contributed by atoms with Gasteiger partial charge in [0.05, 0.1) is 27.3 Å². The molecule has 0 fully saturated rings. The second-order valence-corrected chi connectivity index (χ2v) is 5.64. The van der Waals surface area contributed by atoms with E-state index in [0.717, 1.165) is 22.0 Å². The first-order valence-electron chi connectivity index (χ1n) is 7.00. The zero-order chi connectivity index (χ0) is 16.0. The molecular weight excluding hydrogens is 311 g/mol. The number of pyridine rings is 1. The second-order valence-electron chi connectivity index (χ2n) is 5.23. The topological polar surface area (TPSA) is 28.7 Å². The first-order valence-corrected chi connectivity index (χ1v) is 7.38. The molecule has 2 heterocycles. The van der Waals surface area contributed by atoms with Crippen LogP contribution in [0.25, 0.3) is 33.1 Å². The van der Waals surface area contributed by atoms with Crippen LogP contribution in [0.2, 0.25) is 5.02 Å². The van der Waals surface area contributed by atoms with Crippen molar-refractivity contribution in [2.75, 3.05) is 0 Å². The predicted molar refractivity (Wildman–Crippen MR) is 91.9 cm³/mol. The van der Waals surface area contributed by atoms with E-state index >= 15 is 0 Å². The van der Waals surface area contributed by atoms with Crippen molar-refractivity contribution in [1.29, 1.82) is 0 Å². The summed E-state index contributed by atoms with van der Waals surface area (Å²) in [7, 11) is 0. The van der Waals surface area contributed by atoms with Crippen LogP contribution in [-0.2, 0) is 0 Å². The van der Waals surface area contributed by atoms with Crippen LogP contribution in [0.1, 0.15) is 5.56 Å². The molecule has 2 nitrogen and oxygen atoms in total. The average Bonchev–Trinajstić information content (AvgIpc) is 2.98. The highest BCUT2D eigenvalue weighted by Crippen LogP contribution is 2.32. The number of aromatic amines is 1. The van der Waals surface area contributed by atoms with Crippen LogP contribution in [0.15, 0.2) is 48.7 Å². The average molecular weight is 321 g/mol. The van der Waals surface area contributed by atoms with Crippen molar-refractivity contribution in [3.05, 3.63) is 65.1 Å². The summed E-state index contributed by atoms with van der Waals surface area (Å²) in [4.78, 5) is 7.74. The molecule has 0 radical (unpaired) electrons. The standard InChI is InChI=1S/C19H10ClFN2/c1-2-11-8-13(21)9-14-15(10-22-18(11)14)17-7-6-12-4-3-5-16(20)19(12)23-17/h1,3-10,22H. The Labute approximate surface area is 136 Å². The highest BCUT2D eigenvalue weighted by Gasteiger charge is 2.12. The van der Waals surface area contributed by atoms with Gasteiger partial charge in [0.25, 0.3) is 0 Å². The molecule has 110 valence electrons. The number of para-hydroxylation sites is 1. The number of aromatic nitrogens is 2. The van der Waals surface area contributed by atoms with Crippen LogP contribution in [0.5, 0.6) is 0 Å². The van der Waals surface area contributed by atoms with E-state index in [9.17, 15) is 4.39 Å². The molecule has 0 saturated heterocycles. The smallest absolute Gasteiger partial charge is 0.125 e. The van der Waals surface area contributed by atoms with Gasteiger partial charge in [0.15, 0.2) is 0 Å². The van der Waals surface area contributed by atoms with Crippen molar-refractivity contribution < 1.29 is 4.39 Å². The summed E-state index contributed by atoms with van der Waals surface area (Å²) in [6.07, 6.45) is 7.24. The maximum atomic E-state index is 13.8. The Hall–Kier alpha value is -2.83. The van der Waals surface area contributed by atoms with Crippen molar-refractivity contribution in [1.82, 2.24) is 9.97 Å². The first-order chi connectivity index (χ1) is 11.2. The first kappa shape index (κ1) is 13.8. The lowest BCUT2D eigenvalue weighted by atomic mass is 10.1. The quantitative estimate of drug-likeness (QED) is 0.482. The van der Waals surface area contributed by atoms with E-state index in [2.05, 4.69) is 15.9 Å². The number of nitrogens with one attached hydrogen (secondary N) is 1. The normalized spacial score (nSPS) is 11.0. The number of hydrogen-bond donors (Lipinski definition) is 1. The molecule has 0 bridgehead atoms. The van der Waals surface area contributed by atoms with Gasteiger partial charge in [0.2, 0.25) is 0 Å². The molecule has 4 rings (SSSR count). The van der Waals surface area contributed by atoms with Crippen molar-refractivity contribution in [2.45, 2.75) is 0 Å². The van der Waals surface area contributed by atoms with Crippen molar-refractivity contribution in [3.8, 4) is 23.6 Å². The van der Waals surface area contributed by atoms with Gasteiger partial charge in [-0.1, -0.05) is 35.7 Å². The minimum absolute atomic E-state index is 0.370. The number of halogens is 2. The van der Waals surface area contributed by atoms with E-state index in [0.29, 0.717) is 21.7 Å². The molecule has 0 saturated carbocycles. The highest BCUT2D eigenvalue weighted by molar-refractivity contribution is 6.35. The van der Waals surface area contributed by atoms with E-state index in [1.807, 2.05) is 24.3 Å². The molecule has 0 aliphatic heterocycles. The Kier molecular flexibility index (Phi) is 3.07. The number of H-pyrrole nitrogens is 1. The minimum atomic E-state index is -0.370. The fraction of sp³-hybridized carbons (Fsp3) is 0. The number of benzene rings is 2. The summed E-state index contributed by atoms with van der Waals surface area (Å²) in [5.74, 6) is 2.13. The summed E-state index contributed by atoms with van der Waals surface area (Å²) in [6.45, 7) is 0. The van der Waals surface area contributed by atoms with Crippen LogP contribution in [-0.4, -0.2) is 9.97 Å². The molecule has 0 spiro atoms. The molecular formula is C19H10ClFN2. The largest absolute Gasteiger partial charge is 0.359 e. The molecule has 0 unspecified atom stereocenters. The summed E-state index contributed by atoms with van der Waals surface area (Å²) < 4.78 is 13.8. The number of nitrogens with zero attached hydrogens (tertiary/aromatic N) is 1. The van der Waals surface area contributed by atoms with E-state index in [1.165, 1.54) is 12.1 Å². The summed E-state index contributed by atoms with van der Waals surface area (Å²) in [5, 5.41) is 2.24. The van der Waals surface area contributed by atoms with Crippen molar-refractivity contribution >= 4 is 33.4 Å². The van der Waals surface area contributed by atoms with Crippen LogP contribution in [0.4, 0.5) is 4.39 Å². The number of terminal acetylenes is 1. The molecule has 0 aliphatic rings. The Morgan fingerprint density at radius 2 is 2.04 bits per heavy atom. The van der Waals surface area contributed by atoms with Crippen LogP contribution < -0.4 is 0 Å². The molecule has 1 N–H and O–H groups in total. The van der Waals surface area contributed by atoms with Gasteiger partial charge in [-0.05, 0) is 24.3 Å². The maximum absolute atomic E-state index is 13.8. The van der Waals surface area contributed by atoms with E-state index in [-0.39, 0.29) is 5.82 Å². The van der Waals surface area contributed by atoms with Crippen LogP contribution in [0.3, 0.4) is 0 Å². The van der Waals surface area contributed by atoms with E-state index in [1.54, 1.807) is 12.3 Å². The molecule has 0 amide bonds. The zero-order valence-corrected chi connectivity index (χ0v) is 12.7. The Bertz CT molecular complexity index is 1110. The van der Waals surface area contributed by atoms with Gasteiger partial charge in [-0.3, -0.25) is 0 Å². The van der Waals surface area contributed by atoms with Gasteiger partial charge in [-0.25, -0.2) is 9.37 Å². The lowest BCUT2D eigenvalue weighted by Gasteiger charge is -2.04. The SMILES string of the molecule is C#Cc1cc(F)cc2c(-c3ccc4cccc(Cl)c4n3)c[nH]c12. The lowest BCUT2D eigenvalue weighted by Crippen LogP contribution is -1.86. The molecule has 2 aromatic carbocycles. The second kappa shape index (κ2) is 5.12. The molecule has 4 aromatic rings. The van der Waals surface area contributed by atoms with Crippen molar-refractivity contribution in [3.63, 3.8) is 0 Å². The molecule has 2 aromatic heterocycles.